The quantitative estimate of drug-likeness (QED) is 0.442. The van der Waals surface area contributed by atoms with Gasteiger partial charge in [-0.15, -0.1) is 0 Å². The van der Waals surface area contributed by atoms with E-state index in [4.69, 9.17) is 16.3 Å². The molecule has 1 fully saturated rings. The molecule has 4 nitrogen and oxygen atoms in total. The van der Waals surface area contributed by atoms with E-state index in [0.29, 0.717) is 11.7 Å². The maximum atomic E-state index is 12.8. The second-order valence-electron chi connectivity index (χ2n) is 9.05. The van der Waals surface area contributed by atoms with Crippen LogP contribution in [0.1, 0.15) is 41.8 Å². The molecule has 0 atom stereocenters. The summed E-state index contributed by atoms with van der Waals surface area (Å²) in [5.41, 5.74) is 4.38. The molecular formula is C28H33ClN2O2. The summed E-state index contributed by atoms with van der Waals surface area (Å²) >= 11 is 6.33. The summed E-state index contributed by atoms with van der Waals surface area (Å²) in [7, 11) is 3.64. The second-order valence-corrected chi connectivity index (χ2v) is 9.46. The van der Waals surface area contributed by atoms with Gasteiger partial charge in [0.25, 0.3) is 0 Å². The fraction of sp³-hybridized carbons (Fsp3) is 0.393. The van der Waals surface area contributed by atoms with E-state index in [9.17, 15) is 4.79 Å². The monoisotopic (exact) mass is 464 g/mol. The summed E-state index contributed by atoms with van der Waals surface area (Å²) in [5, 5.41) is 0.873. The standard InChI is InChI=1S/C28H33ClN2O2/c1-30-24(18-22-8-4-3-5-9-22)19-27(32)28(33-2)26(30)20-31-16-14-21(15-17-31)12-13-23-10-6-7-11-25(23)29/h3-11,19,21H,12-18,20H2,1-2H3. The van der Waals surface area contributed by atoms with Crippen molar-refractivity contribution in [3.63, 3.8) is 0 Å². The zero-order chi connectivity index (χ0) is 23.2. The predicted molar refractivity (Wildman–Crippen MR) is 135 cm³/mol. The van der Waals surface area contributed by atoms with Crippen molar-refractivity contribution in [2.75, 3.05) is 20.2 Å². The van der Waals surface area contributed by atoms with Gasteiger partial charge in [0.15, 0.2) is 5.75 Å². The number of nitrogens with zero attached hydrogens (tertiary/aromatic N) is 2. The van der Waals surface area contributed by atoms with Crippen LogP contribution in [0.3, 0.4) is 0 Å². The second kappa shape index (κ2) is 11.0. The molecule has 174 valence electrons. The molecule has 1 aliphatic rings. The molecule has 1 saturated heterocycles. The van der Waals surface area contributed by atoms with E-state index in [0.717, 1.165) is 48.9 Å². The Balaban J connectivity index is 1.41. The number of aryl methyl sites for hydroxylation is 1. The lowest BCUT2D eigenvalue weighted by atomic mass is 9.90. The lowest BCUT2D eigenvalue weighted by molar-refractivity contribution is 0.167. The molecular weight excluding hydrogens is 432 g/mol. The summed E-state index contributed by atoms with van der Waals surface area (Å²) in [5.74, 6) is 1.18. The number of rotatable bonds is 8. The lowest BCUT2D eigenvalue weighted by Crippen LogP contribution is -2.35. The van der Waals surface area contributed by atoms with Crippen molar-refractivity contribution in [2.45, 2.75) is 38.6 Å². The third kappa shape index (κ3) is 5.87. The van der Waals surface area contributed by atoms with Crippen LogP contribution in [0.2, 0.25) is 5.02 Å². The highest BCUT2D eigenvalue weighted by Gasteiger charge is 2.23. The first-order valence-electron chi connectivity index (χ1n) is 11.8. The van der Waals surface area contributed by atoms with Gasteiger partial charge < -0.3 is 9.30 Å². The zero-order valence-electron chi connectivity index (χ0n) is 19.6. The third-order valence-corrected chi connectivity index (χ3v) is 7.28. The van der Waals surface area contributed by atoms with Gasteiger partial charge in [0.2, 0.25) is 5.43 Å². The van der Waals surface area contributed by atoms with Gasteiger partial charge in [-0.3, -0.25) is 9.69 Å². The maximum Gasteiger partial charge on any atom is 0.223 e. The number of piperidine rings is 1. The van der Waals surface area contributed by atoms with E-state index in [-0.39, 0.29) is 5.43 Å². The number of hydrogen-bond donors (Lipinski definition) is 0. The lowest BCUT2D eigenvalue weighted by Gasteiger charge is -2.33. The van der Waals surface area contributed by atoms with Crippen LogP contribution in [0.15, 0.2) is 65.5 Å². The highest BCUT2D eigenvalue weighted by atomic mass is 35.5. The number of halogens is 1. The summed E-state index contributed by atoms with van der Waals surface area (Å²) in [6.07, 6.45) is 5.28. The van der Waals surface area contributed by atoms with Crippen molar-refractivity contribution in [3.05, 3.63) is 98.4 Å². The fourth-order valence-electron chi connectivity index (χ4n) is 4.86. The Hall–Kier alpha value is -2.56. The summed E-state index contributed by atoms with van der Waals surface area (Å²) in [6.45, 7) is 2.80. The minimum atomic E-state index is -0.0360. The van der Waals surface area contributed by atoms with Crippen molar-refractivity contribution in [1.82, 2.24) is 9.47 Å². The molecule has 0 unspecified atom stereocenters. The Morgan fingerprint density at radius 2 is 1.73 bits per heavy atom. The Labute approximate surface area is 201 Å². The largest absolute Gasteiger partial charge is 0.491 e. The molecule has 1 aromatic heterocycles. The SMILES string of the molecule is COc1c(CN2CCC(CCc3ccccc3Cl)CC2)n(C)c(Cc2ccccc2)cc1=O. The summed E-state index contributed by atoms with van der Waals surface area (Å²) in [6, 6.07) is 20.2. The Bertz CT molecular complexity index is 1120. The smallest absolute Gasteiger partial charge is 0.223 e. The normalized spacial score (nSPS) is 15.0. The minimum Gasteiger partial charge on any atom is -0.491 e. The molecule has 2 heterocycles. The van der Waals surface area contributed by atoms with E-state index in [1.165, 1.54) is 30.4 Å². The van der Waals surface area contributed by atoms with Crippen molar-refractivity contribution in [2.24, 2.45) is 13.0 Å². The molecule has 0 aliphatic carbocycles. The van der Waals surface area contributed by atoms with E-state index in [2.05, 4.69) is 33.7 Å². The molecule has 0 spiro atoms. The Morgan fingerprint density at radius 1 is 1.03 bits per heavy atom. The predicted octanol–water partition coefficient (Wildman–Crippen LogP) is 5.48. The van der Waals surface area contributed by atoms with E-state index < -0.39 is 0 Å². The molecule has 0 N–H and O–H groups in total. The number of ether oxygens (including phenoxy) is 1. The molecule has 1 aliphatic heterocycles. The molecule has 4 rings (SSSR count). The molecule has 3 aromatic rings. The van der Waals surface area contributed by atoms with Gasteiger partial charge in [0, 0.05) is 36.8 Å². The molecule has 0 saturated carbocycles. The highest BCUT2D eigenvalue weighted by molar-refractivity contribution is 6.31. The Kier molecular flexibility index (Phi) is 7.89. The maximum absolute atomic E-state index is 12.8. The number of benzene rings is 2. The number of methoxy groups -OCH3 is 1. The Morgan fingerprint density at radius 3 is 2.42 bits per heavy atom. The van der Waals surface area contributed by atoms with Crippen LogP contribution >= 0.6 is 11.6 Å². The van der Waals surface area contributed by atoms with E-state index in [1.807, 2.05) is 37.4 Å². The molecule has 0 amide bonds. The average Bonchev–Trinajstić information content (AvgIpc) is 2.83. The minimum absolute atomic E-state index is 0.0360. The average molecular weight is 465 g/mol. The van der Waals surface area contributed by atoms with Gasteiger partial charge in [0.05, 0.1) is 12.8 Å². The number of likely N-dealkylation sites (tertiary alicyclic amines) is 1. The first kappa shape index (κ1) is 23.6. The molecule has 0 radical (unpaired) electrons. The first-order chi connectivity index (χ1) is 16.0. The summed E-state index contributed by atoms with van der Waals surface area (Å²) in [4.78, 5) is 15.3. The van der Waals surface area contributed by atoms with Crippen molar-refractivity contribution in [3.8, 4) is 5.75 Å². The van der Waals surface area contributed by atoms with Gasteiger partial charge >= 0.3 is 0 Å². The molecule has 5 heteroatoms. The molecule has 0 bridgehead atoms. The van der Waals surface area contributed by atoms with Gasteiger partial charge in [-0.1, -0.05) is 60.1 Å². The van der Waals surface area contributed by atoms with E-state index >= 15 is 0 Å². The van der Waals surface area contributed by atoms with Gasteiger partial charge in [-0.2, -0.15) is 0 Å². The van der Waals surface area contributed by atoms with Crippen LogP contribution in [0, 0.1) is 5.92 Å². The van der Waals surface area contributed by atoms with Crippen LogP contribution in [-0.2, 0) is 26.4 Å². The van der Waals surface area contributed by atoms with Crippen LogP contribution < -0.4 is 10.2 Å². The van der Waals surface area contributed by atoms with Crippen LogP contribution in [0.5, 0.6) is 5.75 Å². The first-order valence-corrected chi connectivity index (χ1v) is 12.2. The van der Waals surface area contributed by atoms with Crippen molar-refractivity contribution in [1.29, 1.82) is 0 Å². The fourth-order valence-corrected chi connectivity index (χ4v) is 5.09. The highest BCUT2D eigenvalue weighted by Crippen LogP contribution is 2.27. The van der Waals surface area contributed by atoms with Crippen LogP contribution in [-0.4, -0.2) is 29.7 Å². The van der Waals surface area contributed by atoms with E-state index in [1.54, 1.807) is 13.2 Å². The number of hydrogen-bond acceptors (Lipinski definition) is 3. The summed E-state index contributed by atoms with van der Waals surface area (Å²) < 4.78 is 7.70. The molecule has 2 aromatic carbocycles. The van der Waals surface area contributed by atoms with Gasteiger partial charge in [0.1, 0.15) is 0 Å². The third-order valence-electron chi connectivity index (χ3n) is 6.91. The van der Waals surface area contributed by atoms with Crippen molar-refractivity contribution >= 4 is 11.6 Å². The van der Waals surface area contributed by atoms with Crippen LogP contribution in [0.4, 0.5) is 0 Å². The van der Waals surface area contributed by atoms with Gasteiger partial charge in [-0.25, -0.2) is 0 Å². The number of pyridine rings is 1. The van der Waals surface area contributed by atoms with Crippen LogP contribution in [0.25, 0.3) is 0 Å². The topological polar surface area (TPSA) is 34.5 Å². The van der Waals surface area contributed by atoms with Crippen molar-refractivity contribution < 1.29 is 4.74 Å². The zero-order valence-corrected chi connectivity index (χ0v) is 20.4. The number of aromatic nitrogens is 1. The molecule has 33 heavy (non-hydrogen) atoms. The van der Waals surface area contributed by atoms with Gasteiger partial charge in [-0.05, 0) is 61.9 Å².